The number of unbranched alkanes of at least 4 members (excludes halogenated alkanes) is 1. The van der Waals surface area contributed by atoms with E-state index in [1.54, 1.807) is 6.92 Å². The first-order valence-corrected chi connectivity index (χ1v) is 14.9. The van der Waals surface area contributed by atoms with Crippen molar-refractivity contribution in [2.45, 2.75) is 107 Å². The summed E-state index contributed by atoms with van der Waals surface area (Å²) in [5, 5.41) is 16.0. The molecule has 0 aliphatic carbocycles. The summed E-state index contributed by atoms with van der Waals surface area (Å²) in [7, 11) is 0. The van der Waals surface area contributed by atoms with E-state index in [-0.39, 0.29) is 54.8 Å². The van der Waals surface area contributed by atoms with Crippen molar-refractivity contribution < 1.29 is 33.6 Å². The van der Waals surface area contributed by atoms with Crippen LogP contribution in [0.4, 0.5) is 0 Å². The number of nitrogens with one attached hydrogen (secondary N) is 6. The third kappa shape index (κ3) is 42.9. The van der Waals surface area contributed by atoms with Gasteiger partial charge < -0.3 is 36.8 Å². The maximum Gasteiger partial charge on any atom is 0.218 e. The van der Waals surface area contributed by atoms with Crippen molar-refractivity contribution in [3.63, 3.8) is 0 Å². The minimum Gasteiger partial charge on any atom is -0.356 e. The predicted molar refractivity (Wildman–Crippen MR) is 168 cm³/mol. The minimum absolute atomic E-state index is 0.0175. The first kappa shape index (κ1) is 46.3. The van der Waals surface area contributed by atoms with Gasteiger partial charge in [0, 0.05) is 67.2 Å². The average molecular weight is 618 g/mol. The Labute approximate surface area is 258 Å². The quantitative estimate of drug-likeness (QED) is 0.0800. The molecule has 0 aromatic carbocycles. The number of carbonyl (C=O) groups excluding carboxylic acids is 7. The minimum atomic E-state index is -0.227. The van der Waals surface area contributed by atoms with E-state index < -0.39 is 0 Å². The Morgan fingerprint density at radius 3 is 1.33 bits per heavy atom. The maximum atomic E-state index is 10.8. The van der Waals surface area contributed by atoms with Crippen molar-refractivity contribution >= 4 is 41.9 Å². The molecule has 43 heavy (non-hydrogen) atoms. The Morgan fingerprint density at radius 1 is 0.605 bits per heavy atom. The van der Waals surface area contributed by atoms with Gasteiger partial charge in [-0.2, -0.15) is 0 Å². The van der Waals surface area contributed by atoms with Gasteiger partial charge in [0.1, 0.15) is 0 Å². The maximum absolute atomic E-state index is 10.8. The van der Waals surface area contributed by atoms with Crippen LogP contribution in [0.1, 0.15) is 101 Å². The Hall–Kier alpha value is -3.71. The normalized spacial score (nSPS) is 9.93. The zero-order valence-electron chi connectivity index (χ0n) is 28.1. The summed E-state index contributed by atoms with van der Waals surface area (Å²) in [6, 6.07) is 0.278. The van der Waals surface area contributed by atoms with E-state index in [9.17, 15) is 33.6 Å². The van der Waals surface area contributed by atoms with E-state index in [1.807, 2.05) is 20.8 Å². The van der Waals surface area contributed by atoms with E-state index in [4.69, 9.17) is 0 Å². The molecule has 0 saturated heterocycles. The van der Waals surface area contributed by atoms with Gasteiger partial charge >= 0.3 is 0 Å². The fourth-order valence-corrected chi connectivity index (χ4v) is 2.94. The Kier molecular flexibility index (Phi) is 35.3. The molecule has 1 atom stereocenters. The van der Waals surface area contributed by atoms with Crippen molar-refractivity contribution in [2.75, 3.05) is 33.0 Å². The standard InChI is InChI=1S/C11H22N2O2.C9H18N2O2.C7H13N3O3.C2H6/c1-4-11(13-10(3)15)7-5-6-8-12-9(2)14;1-4-9(5-10-7(2)12)6-11-8(3)13;1-6(12)8-3-10(5-11)4-9-7(2)13;1-2/h11H,4-8H2,1-3H3,(H,12,14)(H,13,15);9H,4-6H2,1-3H3,(H,10,12)(H,11,13);5H,3-4H2,1-2H3,(H,8,12)(H,9,13);1-2H3. The highest BCUT2D eigenvalue weighted by atomic mass is 16.2. The van der Waals surface area contributed by atoms with Crippen LogP contribution in [0.25, 0.3) is 0 Å². The van der Waals surface area contributed by atoms with E-state index in [1.165, 1.54) is 39.5 Å². The lowest BCUT2D eigenvalue weighted by atomic mass is 10.1. The van der Waals surface area contributed by atoms with E-state index in [0.717, 1.165) is 38.6 Å². The lowest BCUT2D eigenvalue weighted by Gasteiger charge is -2.17. The summed E-state index contributed by atoms with van der Waals surface area (Å²) >= 11 is 0. The van der Waals surface area contributed by atoms with Gasteiger partial charge in [-0.05, 0) is 38.0 Å². The van der Waals surface area contributed by atoms with E-state index in [2.05, 4.69) is 38.8 Å². The van der Waals surface area contributed by atoms with Crippen molar-refractivity contribution in [2.24, 2.45) is 5.92 Å². The lowest BCUT2D eigenvalue weighted by Crippen LogP contribution is -2.42. The molecule has 0 aromatic rings. The summed E-state index contributed by atoms with van der Waals surface area (Å²) in [5.74, 6) is -0.132. The van der Waals surface area contributed by atoms with Crippen LogP contribution in [0, 0.1) is 5.92 Å². The van der Waals surface area contributed by atoms with Gasteiger partial charge in [-0.25, -0.2) is 0 Å². The fraction of sp³-hybridized carbons (Fsp3) is 0.759. The second kappa shape index (κ2) is 32.8. The molecule has 14 heteroatoms. The lowest BCUT2D eigenvalue weighted by molar-refractivity contribution is -0.124. The molecular weight excluding hydrogens is 558 g/mol. The number of carbonyl (C=O) groups is 7. The van der Waals surface area contributed by atoms with Crippen LogP contribution >= 0.6 is 0 Å². The molecule has 6 N–H and O–H groups in total. The van der Waals surface area contributed by atoms with Crippen molar-refractivity contribution in [3.05, 3.63) is 0 Å². The molecular formula is C29H59N7O7. The number of hydrogen-bond acceptors (Lipinski definition) is 7. The van der Waals surface area contributed by atoms with Crippen LogP contribution in [0.5, 0.6) is 0 Å². The van der Waals surface area contributed by atoms with Gasteiger partial charge in [0.05, 0.1) is 13.3 Å². The Bertz CT molecular complexity index is 759. The molecule has 1 unspecified atom stereocenters. The molecule has 14 nitrogen and oxygen atoms in total. The van der Waals surface area contributed by atoms with Crippen molar-refractivity contribution in [3.8, 4) is 0 Å². The van der Waals surface area contributed by atoms with E-state index in [0.29, 0.717) is 25.4 Å². The third-order valence-electron chi connectivity index (χ3n) is 5.32. The van der Waals surface area contributed by atoms with Gasteiger partial charge in [-0.1, -0.05) is 27.7 Å². The molecule has 0 aromatic heterocycles. The van der Waals surface area contributed by atoms with Gasteiger partial charge in [-0.3, -0.25) is 33.6 Å². The third-order valence-corrected chi connectivity index (χ3v) is 5.32. The van der Waals surface area contributed by atoms with Crippen molar-refractivity contribution in [1.29, 1.82) is 0 Å². The summed E-state index contributed by atoms with van der Waals surface area (Å²) in [4.78, 5) is 75.1. The first-order chi connectivity index (χ1) is 20.2. The van der Waals surface area contributed by atoms with Gasteiger partial charge in [0.15, 0.2) is 0 Å². The number of hydrogen-bond donors (Lipinski definition) is 6. The largest absolute Gasteiger partial charge is 0.356 e. The second-order valence-corrected chi connectivity index (χ2v) is 9.41. The molecule has 0 heterocycles. The zero-order chi connectivity index (χ0) is 34.2. The highest BCUT2D eigenvalue weighted by Crippen LogP contribution is 2.03. The van der Waals surface area contributed by atoms with Gasteiger partial charge in [-0.15, -0.1) is 0 Å². The monoisotopic (exact) mass is 617 g/mol. The summed E-state index contributed by atoms with van der Waals surface area (Å²) < 4.78 is 0. The molecule has 0 spiro atoms. The summed E-state index contributed by atoms with van der Waals surface area (Å²) in [6.07, 6.45) is 5.43. The predicted octanol–water partition coefficient (Wildman–Crippen LogP) is 1.15. The molecule has 0 aliphatic rings. The molecule has 0 radical (unpaired) electrons. The van der Waals surface area contributed by atoms with Crippen molar-refractivity contribution in [1.82, 2.24) is 36.8 Å². The topological polar surface area (TPSA) is 195 Å². The second-order valence-electron chi connectivity index (χ2n) is 9.41. The smallest absolute Gasteiger partial charge is 0.218 e. The summed E-state index contributed by atoms with van der Waals surface area (Å²) in [6.45, 7) is 19.0. The van der Waals surface area contributed by atoms with Crippen LogP contribution in [-0.4, -0.2) is 85.8 Å². The van der Waals surface area contributed by atoms with Gasteiger partial charge in [0.25, 0.3) is 0 Å². The van der Waals surface area contributed by atoms with Crippen LogP contribution in [0.3, 0.4) is 0 Å². The first-order valence-electron chi connectivity index (χ1n) is 14.9. The molecule has 252 valence electrons. The zero-order valence-corrected chi connectivity index (χ0v) is 28.1. The van der Waals surface area contributed by atoms with E-state index >= 15 is 0 Å². The average Bonchev–Trinajstić information content (AvgIpc) is 2.93. The van der Waals surface area contributed by atoms with Crippen LogP contribution < -0.4 is 31.9 Å². The number of amides is 7. The number of nitrogens with zero attached hydrogens (tertiary/aromatic N) is 1. The van der Waals surface area contributed by atoms with Crippen LogP contribution in [0.2, 0.25) is 0 Å². The molecule has 0 saturated carbocycles. The Morgan fingerprint density at radius 2 is 1.02 bits per heavy atom. The highest BCUT2D eigenvalue weighted by molar-refractivity contribution is 5.74. The fourth-order valence-electron chi connectivity index (χ4n) is 2.94. The SMILES string of the molecule is CC.CC(=O)NCN(C=O)CNC(C)=O.CCC(CCCCNC(C)=O)NC(C)=O.CCC(CNC(C)=O)CNC(C)=O. The summed E-state index contributed by atoms with van der Waals surface area (Å²) in [5.41, 5.74) is 0. The van der Waals surface area contributed by atoms with Crippen LogP contribution in [-0.2, 0) is 33.6 Å². The highest BCUT2D eigenvalue weighted by Gasteiger charge is 2.07. The molecule has 0 rings (SSSR count). The molecule has 7 amide bonds. The Balaban J connectivity index is -0.000000258. The number of rotatable bonds is 17. The molecule has 0 fully saturated rings. The molecule has 0 aliphatic heterocycles. The van der Waals surface area contributed by atoms with Gasteiger partial charge in [0.2, 0.25) is 41.9 Å². The van der Waals surface area contributed by atoms with Crippen LogP contribution in [0.15, 0.2) is 0 Å². The molecule has 0 bridgehead atoms.